The number of rotatable bonds is 2. The van der Waals surface area contributed by atoms with Gasteiger partial charge in [0.15, 0.2) is 5.76 Å². The second-order valence-corrected chi connectivity index (χ2v) is 5.72. The van der Waals surface area contributed by atoms with Crippen LogP contribution in [0.4, 0.5) is 13.2 Å². The Morgan fingerprint density at radius 3 is 2.52 bits per heavy atom. The molecule has 27 heavy (non-hydrogen) atoms. The van der Waals surface area contributed by atoms with E-state index in [-0.39, 0.29) is 16.3 Å². The summed E-state index contributed by atoms with van der Waals surface area (Å²) in [6.45, 7) is 0. The van der Waals surface area contributed by atoms with Gasteiger partial charge in [-0.25, -0.2) is 0 Å². The number of halogens is 3. The van der Waals surface area contributed by atoms with Crippen molar-refractivity contribution in [1.29, 1.82) is 0 Å². The second-order valence-electron chi connectivity index (χ2n) is 5.72. The highest BCUT2D eigenvalue weighted by Crippen LogP contribution is 2.28. The number of hydrogen-bond acceptors (Lipinski definition) is 5. The van der Waals surface area contributed by atoms with Crippen LogP contribution >= 0.6 is 0 Å². The molecule has 0 fully saturated rings. The van der Waals surface area contributed by atoms with Gasteiger partial charge in [0, 0.05) is 17.6 Å². The van der Waals surface area contributed by atoms with Gasteiger partial charge >= 0.3 is 6.36 Å². The fourth-order valence-electron chi connectivity index (χ4n) is 2.77. The van der Waals surface area contributed by atoms with Crippen LogP contribution in [0.15, 0.2) is 70.4 Å². The minimum Gasteiger partial charge on any atom is -0.454 e. The summed E-state index contributed by atoms with van der Waals surface area (Å²) in [5.41, 5.74) is 0.723. The van der Waals surface area contributed by atoms with Gasteiger partial charge in [-0.2, -0.15) is 0 Å². The summed E-state index contributed by atoms with van der Waals surface area (Å²) in [6, 6.07) is 14.4. The van der Waals surface area contributed by atoms with E-state index in [2.05, 4.69) is 14.9 Å². The second kappa shape index (κ2) is 6.31. The molecule has 2 aromatic heterocycles. The lowest BCUT2D eigenvalue weighted by molar-refractivity contribution is -0.274. The number of fused-ring (bicyclic) bond motifs is 2. The third-order valence-electron chi connectivity index (χ3n) is 3.94. The average molecular weight is 372 g/mol. The van der Waals surface area contributed by atoms with E-state index in [0.717, 1.165) is 22.9 Å². The quantitative estimate of drug-likeness (QED) is 0.404. The smallest absolute Gasteiger partial charge is 0.454 e. The van der Waals surface area contributed by atoms with Crippen LogP contribution in [0.1, 0.15) is 0 Å². The summed E-state index contributed by atoms with van der Waals surface area (Å²) in [4.78, 5) is 4.33. The van der Waals surface area contributed by atoms with E-state index in [4.69, 9.17) is 4.42 Å². The largest absolute Gasteiger partial charge is 0.573 e. The number of ether oxygens (including phenoxy) is 1. The monoisotopic (exact) mass is 372 g/mol. The Hall–Kier alpha value is -3.55. The Bertz CT molecular complexity index is 1220. The van der Waals surface area contributed by atoms with Crippen molar-refractivity contribution in [2.75, 3.05) is 0 Å². The minimum absolute atomic E-state index is 0.0360. The van der Waals surface area contributed by atoms with Crippen LogP contribution < -0.4 is 10.1 Å². The highest BCUT2D eigenvalue weighted by molar-refractivity contribution is 5.85. The van der Waals surface area contributed by atoms with Gasteiger partial charge in [0.1, 0.15) is 22.4 Å². The van der Waals surface area contributed by atoms with E-state index >= 15 is 0 Å². The molecule has 0 bridgehead atoms. The van der Waals surface area contributed by atoms with Crippen LogP contribution in [-0.4, -0.2) is 16.6 Å². The van der Waals surface area contributed by atoms with E-state index in [1.165, 1.54) is 12.1 Å². The molecule has 8 heteroatoms. The van der Waals surface area contributed by atoms with Crippen LogP contribution in [0.25, 0.3) is 33.2 Å². The maximum Gasteiger partial charge on any atom is 0.573 e. The Balaban J connectivity index is 1.86. The van der Waals surface area contributed by atoms with Crippen molar-refractivity contribution < 1.29 is 27.5 Å². The maximum absolute atomic E-state index is 12.4. The first-order valence-electron chi connectivity index (χ1n) is 7.80. The van der Waals surface area contributed by atoms with E-state index < -0.39 is 12.1 Å². The van der Waals surface area contributed by atoms with Gasteiger partial charge in [-0.15, -0.1) is 13.2 Å². The Morgan fingerprint density at radius 2 is 1.78 bits per heavy atom. The van der Waals surface area contributed by atoms with Crippen molar-refractivity contribution in [3.05, 3.63) is 66.2 Å². The van der Waals surface area contributed by atoms with Crippen molar-refractivity contribution in [2.45, 2.75) is 6.36 Å². The van der Waals surface area contributed by atoms with Gasteiger partial charge in [0.05, 0.1) is 5.39 Å². The van der Waals surface area contributed by atoms with Gasteiger partial charge in [0.2, 0.25) is 0 Å². The number of alkyl halides is 3. The molecular formula is C19H11F3N2O3. The molecule has 0 amide bonds. The Morgan fingerprint density at radius 1 is 1.00 bits per heavy atom. The molecule has 0 aliphatic rings. The molecule has 0 saturated heterocycles. The molecule has 0 spiro atoms. The van der Waals surface area contributed by atoms with Crippen molar-refractivity contribution in [1.82, 2.24) is 4.98 Å². The van der Waals surface area contributed by atoms with Gasteiger partial charge in [-0.05, 0) is 29.7 Å². The predicted octanol–water partition coefficient (Wildman–Crippen LogP) is 4.84. The zero-order valence-electron chi connectivity index (χ0n) is 13.6. The van der Waals surface area contributed by atoms with Crippen molar-refractivity contribution >= 4 is 21.7 Å². The third kappa shape index (κ3) is 3.41. The lowest BCUT2D eigenvalue weighted by atomic mass is 10.1. The lowest BCUT2D eigenvalue weighted by Gasteiger charge is -2.10. The molecule has 4 rings (SSSR count). The lowest BCUT2D eigenvalue weighted by Crippen LogP contribution is -2.17. The topological polar surface area (TPSA) is 67.9 Å². The highest BCUT2D eigenvalue weighted by Gasteiger charge is 2.31. The molecular weight excluding hydrogens is 361 g/mol. The number of pyridine rings is 1. The molecule has 2 aromatic carbocycles. The first-order valence-corrected chi connectivity index (χ1v) is 7.80. The Kier molecular flexibility index (Phi) is 3.95. The molecule has 0 radical (unpaired) electrons. The van der Waals surface area contributed by atoms with Crippen molar-refractivity contribution in [3.63, 3.8) is 0 Å². The van der Waals surface area contributed by atoms with Gasteiger partial charge < -0.3 is 14.4 Å². The first kappa shape index (κ1) is 16.9. The fraction of sp³-hybridized carbons (Fsp3) is 0.0526. The van der Waals surface area contributed by atoms with E-state index in [0.29, 0.717) is 11.5 Å². The molecule has 136 valence electrons. The normalized spacial score (nSPS) is 12.6. The summed E-state index contributed by atoms with van der Waals surface area (Å²) in [7, 11) is 0. The maximum atomic E-state index is 12.4. The van der Waals surface area contributed by atoms with Crippen LogP contribution in [-0.2, 0) is 0 Å². The summed E-state index contributed by atoms with van der Waals surface area (Å²) in [5, 5.41) is 14.6. The molecule has 2 heterocycles. The number of benzene rings is 2. The molecule has 0 unspecified atom stereocenters. The molecule has 4 aromatic rings. The van der Waals surface area contributed by atoms with Crippen LogP contribution in [0.5, 0.6) is 5.75 Å². The number of hydrogen-bond donors (Lipinski definition) is 1. The van der Waals surface area contributed by atoms with Crippen LogP contribution in [0.3, 0.4) is 0 Å². The van der Waals surface area contributed by atoms with Gasteiger partial charge in [-0.3, -0.25) is 4.98 Å². The predicted molar refractivity (Wildman–Crippen MR) is 91.0 cm³/mol. The van der Waals surface area contributed by atoms with Gasteiger partial charge in [0.25, 0.3) is 0 Å². The first-order chi connectivity index (χ1) is 12.9. The van der Waals surface area contributed by atoms with Crippen LogP contribution in [0, 0.1) is 0 Å². The number of nitrogens with zero attached hydrogens (tertiary/aromatic N) is 2. The van der Waals surface area contributed by atoms with Crippen LogP contribution in [0.2, 0.25) is 0 Å². The van der Waals surface area contributed by atoms with E-state index in [1.54, 1.807) is 6.20 Å². The molecule has 1 N–H and O–H groups in total. The zero-order chi connectivity index (χ0) is 19.0. The summed E-state index contributed by atoms with van der Waals surface area (Å²) >= 11 is 0. The average Bonchev–Trinajstić information content (AvgIpc) is 2.65. The highest BCUT2D eigenvalue weighted by atomic mass is 19.4. The molecule has 0 saturated carbocycles. The Labute approximate surface area is 149 Å². The molecule has 0 aliphatic heterocycles. The summed E-state index contributed by atoms with van der Waals surface area (Å²) in [5.74, 6) is -0.128. The minimum atomic E-state index is -4.82. The number of aromatic nitrogens is 1. The molecule has 0 atom stereocenters. The van der Waals surface area contributed by atoms with E-state index in [1.807, 2.05) is 30.3 Å². The zero-order valence-corrected chi connectivity index (χ0v) is 13.6. The molecule has 0 aliphatic carbocycles. The summed E-state index contributed by atoms with van der Waals surface area (Å²) < 4.78 is 46.9. The summed E-state index contributed by atoms with van der Waals surface area (Å²) in [6.07, 6.45) is -3.14. The molecule has 5 nitrogen and oxygen atoms in total. The van der Waals surface area contributed by atoms with E-state index in [9.17, 15) is 18.4 Å². The standard InChI is InChI=1S/C19H11F3N2O3/c20-19(21,22)27-13-5-6-17-14(8-13)15(24-25)9-18(26-17)16-7-11-3-1-2-4-12(11)10-23-16/h1-10,25H/b24-15-. The SMILES string of the molecule is O/N=c1/cc(-c2cc3ccccc3cn2)oc2ccc(OC(F)(F)F)cc12. The van der Waals surface area contributed by atoms with Crippen molar-refractivity contribution in [2.24, 2.45) is 5.16 Å². The van der Waals surface area contributed by atoms with Gasteiger partial charge in [-0.1, -0.05) is 29.4 Å². The third-order valence-corrected chi connectivity index (χ3v) is 3.94. The fourth-order valence-corrected chi connectivity index (χ4v) is 2.77. The van der Waals surface area contributed by atoms with Crippen molar-refractivity contribution in [3.8, 4) is 17.2 Å².